The second-order valence-corrected chi connectivity index (χ2v) is 3.05. The first kappa shape index (κ1) is 6.85. The molecular formula is C9H16. The molecule has 2 atom stereocenters. The van der Waals surface area contributed by atoms with Gasteiger partial charge in [0, 0.05) is 0 Å². The molecule has 0 spiro atoms. The van der Waals surface area contributed by atoms with E-state index >= 15 is 0 Å². The summed E-state index contributed by atoms with van der Waals surface area (Å²) in [5.41, 5.74) is 0. The lowest BCUT2D eigenvalue weighted by Crippen LogP contribution is -2.04. The maximum atomic E-state index is 2.38. The third-order valence-electron chi connectivity index (χ3n) is 2.42. The Morgan fingerprint density at radius 3 is 2.89 bits per heavy atom. The number of hydrogen-bond donors (Lipinski definition) is 0. The van der Waals surface area contributed by atoms with E-state index in [1.54, 1.807) is 0 Å². The number of allylic oxidation sites excluding steroid dienone is 2. The Labute approximate surface area is 58.0 Å². The van der Waals surface area contributed by atoms with Gasteiger partial charge in [-0.05, 0) is 24.7 Å². The van der Waals surface area contributed by atoms with Gasteiger partial charge in [-0.15, -0.1) is 0 Å². The van der Waals surface area contributed by atoms with Crippen LogP contribution in [0.5, 0.6) is 0 Å². The van der Waals surface area contributed by atoms with Crippen molar-refractivity contribution in [1.29, 1.82) is 0 Å². The average Bonchev–Trinajstić information content (AvgIpc) is 2.37. The van der Waals surface area contributed by atoms with Crippen molar-refractivity contribution >= 4 is 0 Å². The lowest BCUT2D eigenvalue weighted by molar-refractivity contribution is 0.411. The topological polar surface area (TPSA) is 0 Å². The Morgan fingerprint density at radius 1 is 1.67 bits per heavy atom. The largest absolute Gasteiger partial charge is 0.0882 e. The summed E-state index contributed by atoms with van der Waals surface area (Å²) < 4.78 is 0. The molecule has 0 radical (unpaired) electrons. The van der Waals surface area contributed by atoms with Crippen LogP contribution in [0.2, 0.25) is 0 Å². The van der Waals surface area contributed by atoms with E-state index in [-0.39, 0.29) is 0 Å². The van der Waals surface area contributed by atoms with Gasteiger partial charge in [0.15, 0.2) is 0 Å². The van der Waals surface area contributed by atoms with Crippen LogP contribution in [-0.4, -0.2) is 0 Å². The van der Waals surface area contributed by atoms with E-state index in [0.29, 0.717) is 0 Å². The van der Waals surface area contributed by atoms with Crippen LogP contribution in [0.3, 0.4) is 0 Å². The highest BCUT2D eigenvalue weighted by Crippen LogP contribution is 2.26. The van der Waals surface area contributed by atoms with Gasteiger partial charge >= 0.3 is 0 Å². The normalized spacial score (nSPS) is 28.9. The highest BCUT2D eigenvalue weighted by Gasteiger charge is 2.14. The van der Waals surface area contributed by atoms with E-state index < -0.39 is 0 Å². The summed E-state index contributed by atoms with van der Waals surface area (Å²) in [5, 5.41) is 0. The van der Waals surface area contributed by atoms with Crippen LogP contribution < -0.4 is 0 Å². The fraction of sp³-hybridized carbons (Fsp3) is 0.778. The van der Waals surface area contributed by atoms with E-state index in [2.05, 4.69) is 26.0 Å². The van der Waals surface area contributed by atoms with Gasteiger partial charge in [0.25, 0.3) is 0 Å². The van der Waals surface area contributed by atoms with E-state index in [0.717, 1.165) is 11.8 Å². The first-order chi connectivity index (χ1) is 4.34. The van der Waals surface area contributed by atoms with Gasteiger partial charge in [-0.25, -0.2) is 0 Å². The first-order valence-corrected chi connectivity index (χ1v) is 4.01. The molecule has 1 rings (SSSR count). The molecule has 0 bridgehead atoms. The van der Waals surface area contributed by atoms with Crippen LogP contribution in [0.15, 0.2) is 12.2 Å². The summed E-state index contributed by atoms with van der Waals surface area (Å²) in [7, 11) is 0. The minimum Gasteiger partial charge on any atom is -0.0882 e. The Kier molecular flexibility index (Phi) is 2.32. The van der Waals surface area contributed by atoms with E-state index in [9.17, 15) is 0 Å². The van der Waals surface area contributed by atoms with Crippen molar-refractivity contribution < 1.29 is 0 Å². The summed E-state index contributed by atoms with van der Waals surface area (Å²) in [4.78, 5) is 0. The molecule has 0 heterocycles. The lowest BCUT2D eigenvalue weighted by Gasteiger charge is -2.14. The minimum absolute atomic E-state index is 0.898. The molecule has 1 unspecified atom stereocenters. The maximum absolute atomic E-state index is 2.38. The van der Waals surface area contributed by atoms with E-state index in [4.69, 9.17) is 0 Å². The second kappa shape index (κ2) is 3.05. The highest BCUT2D eigenvalue weighted by atomic mass is 14.2. The molecule has 1 aliphatic carbocycles. The van der Waals surface area contributed by atoms with Gasteiger partial charge in [-0.1, -0.05) is 32.4 Å². The molecule has 52 valence electrons. The molecule has 1 aliphatic rings. The summed E-state index contributed by atoms with van der Waals surface area (Å²) in [6, 6.07) is 0. The molecular weight excluding hydrogens is 108 g/mol. The Hall–Kier alpha value is -0.260. The zero-order valence-electron chi connectivity index (χ0n) is 6.43. The third-order valence-corrected chi connectivity index (χ3v) is 2.42. The van der Waals surface area contributed by atoms with Crippen LogP contribution in [0.1, 0.15) is 33.1 Å². The smallest absolute Gasteiger partial charge is 0.0205 e. The SMILES string of the molecule is CC[C@H](C)C1C=CCC1. The quantitative estimate of drug-likeness (QED) is 0.496. The van der Waals surface area contributed by atoms with E-state index in [1.807, 2.05) is 0 Å². The van der Waals surface area contributed by atoms with Gasteiger partial charge in [-0.3, -0.25) is 0 Å². The summed E-state index contributed by atoms with van der Waals surface area (Å²) in [5.74, 6) is 1.80. The van der Waals surface area contributed by atoms with Crippen molar-refractivity contribution in [2.75, 3.05) is 0 Å². The van der Waals surface area contributed by atoms with Gasteiger partial charge in [0.1, 0.15) is 0 Å². The molecule has 0 aromatic heterocycles. The summed E-state index contributed by atoms with van der Waals surface area (Å²) in [6.07, 6.45) is 8.74. The zero-order valence-corrected chi connectivity index (χ0v) is 6.43. The molecule has 9 heavy (non-hydrogen) atoms. The van der Waals surface area contributed by atoms with E-state index in [1.165, 1.54) is 19.3 Å². The van der Waals surface area contributed by atoms with Crippen molar-refractivity contribution in [3.63, 3.8) is 0 Å². The van der Waals surface area contributed by atoms with Gasteiger partial charge in [0.2, 0.25) is 0 Å². The van der Waals surface area contributed by atoms with Crippen molar-refractivity contribution in [2.24, 2.45) is 11.8 Å². The summed E-state index contributed by atoms with van der Waals surface area (Å²) >= 11 is 0. The molecule has 0 saturated heterocycles. The van der Waals surface area contributed by atoms with Crippen LogP contribution in [-0.2, 0) is 0 Å². The van der Waals surface area contributed by atoms with Crippen molar-refractivity contribution in [3.05, 3.63) is 12.2 Å². The van der Waals surface area contributed by atoms with Crippen LogP contribution in [0.25, 0.3) is 0 Å². The second-order valence-electron chi connectivity index (χ2n) is 3.05. The Bertz CT molecular complexity index is 103. The van der Waals surface area contributed by atoms with Crippen LogP contribution in [0, 0.1) is 11.8 Å². The molecule has 0 N–H and O–H groups in total. The Balaban J connectivity index is 2.33. The molecule has 0 aromatic carbocycles. The minimum atomic E-state index is 0.898. The average molecular weight is 124 g/mol. The predicted octanol–water partition coefficient (Wildman–Crippen LogP) is 3.00. The first-order valence-electron chi connectivity index (χ1n) is 4.01. The van der Waals surface area contributed by atoms with Crippen molar-refractivity contribution in [2.45, 2.75) is 33.1 Å². The Morgan fingerprint density at radius 2 is 2.44 bits per heavy atom. The molecule has 0 nitrogen and oxygen atoms in total. The summed E-state index contributed by atoms with van der Waals surface area (Å²) in [6.45, 7) is 4.62. The third kappa shape index (κ3) is 1.57. The molecule has 0 fully saturated rings. The number of rotatable bonds is 2. The fourth-order valence-corrected chi connectivity index (χ4v) is 1.43. The van der Waals surface area contributed by atoms with Gasteiger partial charge in [-0.2, -0.15) is 0 Å². The van der Waals surface area contributed by atoms with Gasteiger partial charge in [0.05, 0.1) is 0 Å². The number of hydrogen-bond acceptors (Lipinski definition) is 0. The predicted molar refractivity (Wildman–Crippen MR) is 41.3 cm³/mol. The van der Waals surface area contributed by atoms with Crippen LogP contribution in [0.4, 0.5) is 0 Å². The van der Waals surface area contributed by atoms with Crippen molar-refractivity contribution in [1.82, 2.24) is 0 Å². The van der Waals surface area contributed by atoms with Crippen LogP contribution >= 0.6 is 0 Å². The molecule has 0 aliphatic heterocycles. The molecule has 0 heteroatoms. The fourth-order valence-electron chi connectivity index (χ4n) is 1.43. The standard InChI is InChI=1S/C9H16/c1-3-8(2)9-6-4-5-7-9/h4,6,8-9H,3,5,7H2,1-2H3/t8-,9?/m0/s1. The highest BCUT2D eigenvalue weighted by molar-refractivity contribution is 4.97. The van der Waals surface area contributed by atoms with Crippen molar-refractivity contribution in [3.8, 4) is 0 Å². The zero-order chi connectivity index (χ0) is 6.69. The lowest BCUT2D eigenvalue weighted by atomic mass is 9.92. The monoisotopic (exact) mass is 124 g/mol. The molecule has 0 amide bonds. The maximum Gasteiger partial charge on any atom is -0.0205 e. The van der Waals surface area contributed by atoms with Gasteiger partial charge < -0.3 is 0 Å². The molecule has 0 saturated carbocycles. The molecule has 0 aromatic rings.